The second-order valence-electron chi connectivity index (χ2n) is 5.93. The van der Waals surface area contributed by atoms with E-state index < -0.39 is 36.6 Å². The van der Waals surface area contributed by atoms with Crippen molar-refractivity contribution in [3.05, 3.63) is 0 Å². The number of halogens is 1. The fourth-order valence-corrected chi connectivity index (χ4v) is 3.81. The first-order chi connectivity index (χ1) is 9.89. The molecule has 7 unspecified atom stereocenters. The van der Waals surface area contributed by atoms with Gasteiger partial charge < -0.3 is 43.3 Å². The first-order valence-electron chi connectivity index (χ1n) is 7.38. The van der Waals surface area contributed by atoms with Crippen LogP contribution in [-0.4, -0.2) is 87.2 Å². The van der Waals surface area contributed by atoms with E-state index in [1.54, 1.807) is 0 Å². The minimum absolute atomic E-state index is 0. The lowest BCUT2D eigenvalue weighted by Gasteiger charge is -2.50. The Morgan fingerprint density at radius 1 is 1.27 bits per heavy atom. The number of carboxylic acid groups (broad SMARTS) is 1. The van der Waals surface area contributed by atoms with Crippen LogP contribution in [0.25, 0.3) is 0 Å². The van der Waals surface area contributed by atoms with Crippen molar-refractivity contribution in [1.29, 1.82) is 0 Å². The molecule has 22 heavy (non-hydrogen) atoms. The number of quaternary nitrogens is 1. The molecular formula is C13H25ClN2O6. The summed E-state index contributed by atoms with van der Waals surface area (Å²) in [7, 11) is 0. The van der Waals surface area contributed by atoms with Crippen molar-refractivity contribution in [3.63, 3.8) is 0 Å². The average Bonchev–Trinajstić information content (AvgIpc) is 2.88. The molecule has 130 valence electrons. The van der Waals surface area contributed by atoms with Crippen molar-refractivity contribution in [2.45, 2.75) is 56.5 Å². The quantitative estimate of drug-likeness (QED) is 0.323. The lowest BCUT2D eigenvalue weighted by atomic mass is 9.95. The number of aliphatic hydroxyl groups is 3. The number of hydrogen-bond donors (Lipinski definition) is 5. The molecule has 0 radical (unpaired) electrons. The topological polar surface area (TPSA) is 133 Å². The molecule has 0 aliphatic carbocycles. The molecule has 2 fully saturated rings. The zero-order valence-corrected chi connectivity index (χ0v) is 13.3. The molecule has 0 amide bonds. The fourth-order valence-electron chi connectivity index (χ4n) is 3.81. The molecule has 2 saturated heterocycles. The second kappa shape index (κ2) is 7.39. The van der Waals surface area contributed by atoms with Crippen LogP contribution in [0, 0.1) is 0 Å². The SMILES string of the molecule is CC[N+]1(C2OC(C(=O)O)C(O)C(O)C2O)CCCC1CN.[Cl-]. The fraction of sp³-hybridized carbons (Fsp3) is 0.923. The number of hydrogen-bond acceptors (Lipinski definition) is 6. The van der Waals surface area contributed by atoms with E-state index in [1.807, 2.05) is 6.92 Å². The maximum absolute atomic E-state index is 11.2. The van der Waals surface area contributed by atoms with Gasteiger partial charge in [0.05, 0.1) is 13.1 Å². The third kappa shape index (κ3) is 2.96. The van der Waals surface area contributed by atoms with Gasteiger partial charge in [-0.25, -0.2) is 4.79 Å². The van der Waals surface area contributed by atoms with Crippen LogP contribution >= 0.6 is 0 Å². The summed E-state index contributed by atoms with van der Waals surface area (Å²) in [5, 5.41) is 39.2. The zero-order chi connectivity index (χ0) is 15.8. The van der Waals surface area contributed by atoms with Gasteiger partial charge in [0.15, 0.2) is 12.2 Å². The Balaban J connectivity index is 0.00000242. The minimum Gasteiger partial charge on any atom is -1.00 e. The monoisotopic (exact) mass is 340 g/mol. The van der Waals surface area contributed by atoms with Crippen molar-refractivity contribution in [1.82, 2.24) is 0 Å². The lowest BCUT2D eigenvalue weighted by molar-refractivity contribution is -0.985. The summed E-state index contributed by atoms with van der Waals surface area (Å²) < 4.78 is 5.83. The minimum atomic E-state index is -1.65. The number of aliphatic hydroxyl groups excluding tert-OH is 3. The molecule has 0 aromatic heterocycles. The van der Waals surface area contributed by atoms with E-state index in [-0.39, 0.29) is 18.4 Å². The summed E-state index contributed by atoms with van der Waals surface area (Å²) in [6, 6.07) is 0.0477. The van der Waals surface area contributed by atoms with Gasteiger partial charge in [-0.2, -0.15) is 0 Å². The number of nitrogens with zero attached hydrogens (tertiary/aromatic N) is 1. The molecule has 2 aliphatic heterocycles. The molecule has 2 heterocycles. The molecular weight excluding hydrogens is 316 g/mol. The first kappa shape index (κ1) is 19.6. The van der Waals surface area contributed by atoms with Crippen LogP contribution in [0.1, 0.15) is 19.8 Å². The molecule has 0 saturated carbocycles. The van der Waals surface area contributed by atoms with Crippen LogP contribution in [0.2, 0.25) is 0 Å². The molecule has 7 atom stereocenters. The molecule has 0 spiro atoms. The number of nitrogens with two attached hydrogens (primary N) is 1. The summed E-state index contributed by atoms with van der Waals surface area (Å²) in [6.45, 7) is 3.64. The zero-order valence-electron chi connectivity index (χ0n) is 12.5. The summed E-state index contributed by atoms with van der Waals surface area (Å²) in [5.74, 6) is -1.35. The van der Waals surface area contributed by atoms with Crippen molar-refractivity contribution < 1.29 is 46.8 Å². The van der Waals surface area contributed by atoms with Gasteiger partial charge in [-0.15, -0.1) is 0 Å². The Morgan fingerprint density at radius 3 is 2.41 bits per heavy atom. The number of rotatable bonds is 4. The van der Waals surface area contributed by atoms with E-state index in [0.29, 0.717) is 24.1 Å². The normalized spacial score (nSPS) is 45.3. The van der Waals surface area contributed by atoms with Gasteiger partial charge in [-0.1, -0.05) is 0 Å². The summed E-state index contributed by atoms with van der Waals surface area (Å²) in [4.78, 5) is 11.2. The van der Waals surface area contributed by atoms with E-state index in [9.17, 15) is 20.1 Å². The largest absolute Gasteiger partial charge is 1.00 e. The third-order valence-electron chi connectivity index (χ3n) is 5.04. The van der Waals surface area contributed by atoms with Crippen molar-refractivity contribution in [2.75, 3.05) is 19.6 Å². The van der Waals surface area contributed by atoms with Gasteiger partial charge in [0.1, 0.15) is 18.2 Å². The van der Waals surface area contributed by atoms with Crippen molar-refractivity contribution in [2.24, 2.45) is 5.73 Å². The van der Waals surface area contributed by atoms with E-state index in [0.717, 1.165) is 12.8 Å². The highest BCUT2D eigenvalue weighted by molar-refractivity contribution is 5.73. The van der Waals surface area contributed by atoms with E-state index in [4.69, 9.17) is 15.6 Å². The van der Waals surface area contributed by atoms with Gasteiger partial charge in [-0.05, 0) is 6.92 Å². The number of ether oxygens (including phenoxy) is 1. The number of carbonyl (C=O) groups is 1. The van der Waals surface area contributed by atoms with Crippen LogP contribution in [-0.2, 0) is 9.53 Å². The first-order valence-corrected chi connectivity index (χ1v) is 7.38. The molecule has 0 aromatic carbocycles. The molecule has 0 bridgehead atoms. The number of aliphatic carboxylic acids is 1. The summed E-state index contributed by atoms with van der Waals surface area (Å²) in [6.07, 6.45) is -5.22. The molecule has 6 N–H and O–H groups in total. The number of likely N-dealkylation sites (N-methyl/N-ethyl adjacent to an activating group) is 1. The Morgan fingerprint density at radius 2 is 1.91 bits per heavy atom. The lowest BCUT2D eigenvalue weighted by Crippen LogP contribution is -3.00. The van der Waals surface area contributed by atoms with Gasteiger partial charge in [0, 0.05) is 19.4 Å². The summed E-state index contributed by atoms with van der Waals surface area (Å²) >= 11 is 0. The third-order valence-corrected chi connectivity index (χ3v) is 5.04. The average molecular weight is 341 g/mol. The highest BCUT2D eigenvalue weighted by Crippen LogP contribution is 2.36. The Bertz CT molecular complexity index is 401. The Kier molecular flexibility index (Phi) is 6.58. The van der Waals surface area contributed by atoms with E-state index >= 15 is 0 Å². The van der Waals surface area contributed by atoms with E-state index in [1.165, 1.54) is 0 Å². The van der Waals surface area contributed by atoms with Crippen molar-refractivity contribution >= 4 is 5.97 Å². The molecule has 9 heteroatoms. The predicted molar refractivity (Wildman–Crippen MR) is 72.1 cm³/mol. The van der Waals surface area contributed by atoms with Crippen LogP contribution in [0.4, 0.5) is 0 Å². The molecule has 2 rings (SSSR count). The molecule has 8 nitrogen and oxygen atoms in total. The smallest absolute Gasteiger partial charge is 0.335 e. The maximum Gasteiger partial charge on any atom is 0.335 e. The summed E-state index contributed by atoms with van der Waals surface area (Å²) in [5.41, 5.74) is 5.81. The van der Waals surface area contributed by atoms with Gasteiger partial charge in [0.25, 0.3) is 0 Å². The number of carboxylic acids is 1. The predicted octanol–water partition coefficient (Wildman–Crippen LogP) is -5.16. The van der Waals surface area contributed by atoms with Crippen molar-refractivity contribution in [3.8, 4) is 0 Å². The van der Waals surface area contributed by atoms with Crippen LogP contribution < -0.4 is 18.1 Å². The Labute approximate surface area is 135 Å². The van der Waals surface area contributed by atoms with E-state index in [2.05, 4.69) is 0 Å². The number of likely N-dealkylation sites (tertiary alicyclic amines) is 1. The molecule has 0 aromatic rings. The van der Waals surface area contributed by atoms with Gasteiger partial charge in [0.2, 0.25) is 6.23 Å². The highest BCUT2D eigenvalue weighted by atomic mass is 35.5. The van der Waals surface area contributed by atoms with Crippen LogP contribution in [0.5, 0.6) is 0 Å². The maximum atomic E-state index is 11.2. The van der Waals surface area contributed by atoms with Crippen LogP contribution in [0.15, 0.2) is 0 Å². The molecule has 2 aliphatic rings. The standard InChI is InChI=1S/C13H24N2O6.ClH/c1-2-15(5-3-4-7(15)6-14)12-10(18)8(16)9(17)11(21-12)13(19)20;/h7-12,16-18H,2-6,14H2,1H3;1H. The van der Waals surface area contributed by atoms with Gasteiger partial charge >= 0.3 is 5.97 Å². The Hall–Kier alpha value is -0.480. The van der Waals surface area contributed by atoms with Gasteiger partial charge in [-0.3, -0.25) is 4.48 Å². The second-order valence-corrected chi connectivity index (χ2v) is 5.93. The van der Waals surface area contributed by atoms with Crippen LogP contribution in [0.3, 0.4) is 0 Å². The highest BCUT2D eigenvalue weighted by Gasteiger charge is 2.57.